The number of hydrogen-bond acceptors (Lipinski definition) is 24. The van der Waals surface area contributed by atoms with Crippen molar-refractivity contribution < 1.29 is 129 Å². The first-order valence-corrected chi connectivity index (χ1v) is 20.2. The van der Waals surface area contributed by atoms with Crippen LogP contribution in [0.25, 0.3) is 0 Å². The molecule has 4 aliphatic heterocycles. The average molecular weight is 950 g/mol. The molecule has 0 spiro atoms. The van der Waals surface area contributed by atoms with E-state index >= 15 is 0 Å². The highest BCUT2D eigenvalue weighted by Crippen LogP contribution is 2.39. The van der Waals surface area contributed by atoms with Gasteiger partial charge in [0.15, 0.2) is 6.29 Å². The van der Waals surface area contributed by atoms with Gasteiger partial charge in [0.2, 0.25) is 17.7 Å². The van der Waals surface area contributed by atoms with Crippen molar-refractivity contribution in [2.24, 2.45) is 0 Å². The Hall–Kier alpha value is -3.41. The van der Waals surface area contributed by atoms with Crippen LogP contribution in [0.1, 0.15) is 33.6 Å². The van der Waals surface area contributed by atoms with Crippen molar-refractivity contribution in [3.63, 3.8) is 0 Å². The number of carbonyl (C=O) groups is 5. The van der Waals surface area contributed by atoms with Crippen LogP contribution in [-0.4, -0.2) is 262 Å². The summed E-state index contributed by atoms with van der Waals surface area (Å²) in [7, 11) is 0. The average Bonchev–Trinajstić information content (AvgIpc) is 3.23. The topological polar surface area (TPSA) is 469 Å². The number of carboxylic acids is 2. The lowest BCUT2D eigenvalue weighted by Crippen LogP contribution is -2.71. The molecule has 3 amide bonds. The minimum absolute atomic E-state index is 0.560. The second kappa shape index (κ2) is 22.6. The normalized spacial score (nSPS) is 40.7. The number of aliphatic hydroxyl groups excluding tert-OH is 12. The third-order valence-electron chi connectivity index (χ3n) is 11.3. The van der Waals surface area contributed by atoms with E-state index < -0.39 is 203 Å². The molecule has 4 saturated heterocycles. The van der Waals surface area contributed by atoms with E-state index in [9.17, 15) is 95.5 Å². The zero-order chi connectivity index (χ0) is 48.9. The highest BCUT2D eigenvalue weighted by molar-refractivity contribution is 5.77. The largest absolute Gasteiger partial charge is 0.477 e. The number of rotatable bonds is 19. The summed E-state index contributed by atoms with van der Waals surface area (Å²) in [5.41, 5.74) is 0. The number of aliphatic hydroxyl groups is 12. The molecule has 0 bridgehead atoms. The first-order chi connectivity index (χ1) is 30.4. The maximum atomic E-state index is 12.9. The lowest BCUT2D eigenvalue weighted by molar-refractivity contribution is -0.377. The molecule has 4 aliphatic rings. The minimum Gasteiger partial charge on any atom is -0.477 e. The monoisotopic (exact) mass is 949 g/mol. The summed E-state index contributed by atoms with van der Waals surface area (Å²) in [4.78, 5) is 61.7. The molecule has 29 heteroatoms. The summed E-state index contributed by atoms with van der Waals surface area (Å²) in [6, 6.07) is -4.52. The Morgan fingerprint density at radius 1 is 0.662 bits per heavy atom. The molecule has 0 aromatic carbocycles. The van der Waals surface area contributed by atoms with Crippen LogP contribution in [0.2, 0.25) is 0 Å². The molecular formula is C36H59N3O26. The van der Waals surface area contributed by atoms with E-state index in [0.29, 0.717) is 0 Å². The molecule has 0 saturated carbocycles. The van der Waals surface area contributed by atoms with Gasteiger partial charge in [-0.2, -0.15) is 0 Å². The van der Waals surface area contributed by atoms with Crippen molar-refractivity contribution in [3.8, 4) is 0 Å². The number of hydrogen-bond donors (Lipinski definition) is 17. The summed E-state index contributed by atoms with van der Waals surface area (Å²) < 4.78 is 39.6. The number of ether oxygens (including phenoxy) is 7. The number of nitrogens with one attached hydrogen (secondary N) is 3. The summed E-state index contributed by atoms with van der Waals surface area (Å²) >= 11 is 0. The Labute approximate surface area is 368 Å². The molecule has 0 aromatic heterocycles. The number of carbonyl (C=O) groups excluding carboxylic acids is 3. The third kappa shape index (κ3) is 12.2. The van der Waals surface area contributed by atoms with Gasteiger partial charge in [-0.15, -0.1) is 0 Å². The fourth-order valence-electron chi connectivity index (χ4n) is 8.00. The predicted octanol–water partition coefficient (Wildman–Crippen LogP) is -10.2. The standard InChI is InChI=1S/C36H59N3O26/c1-11(43)37-14-9-59-20(10-60-35(33(55)56)4-15(46)21(38-12(2)44)29(63-35)23(50)17(48)6-40)26(53)28(14)62-32-27(54)31(25(52)19(8-42)61-32)65-36(34(57)58)5-16(47)22(39-13(3)45)30(64-36)24(51)18(49)7-41/h14-32,40-42,46-54H,4-10H2,1-3H3,(H,37,43)(H,38,44)(H,39,45)(H,55,56)(H,57,58)/t14-,15-,16-,17+,18+,19+,20+,21+,22+,23+,24+,25-,26-,27+,28+,29+,30+,31-,32-,35+,36-/m0/s1. The van der Waals surface area contributed by atoms with Crippen molar-refractivity contribution in [3.05, 3.63) is 0 Å². The van der Waals surface area contributed by atoms with Gasteiger partial charge in [-0.25, -0.2) is 9.59 Å². The zero-order valence-electron chi connectivity index (χ0n) is 35.1. The third-order valence-corrected chi connectivity index (χ3v) is 11.3. The Balaban J connectivity index is 1.63. The summed E-state index contributed by atoms with van der Waals surface area (Å²) in [5.74, 6) is -12.3. The van der Waals surface area contributed by atoms with E-state index in [1.165, 1.54) is 0 Å². The molecule has 21 atom stereocenters. The summed E-state index contributed by atoms with van der Waals surface area (Å²) in [6.45, 7) is -1.67. The van der Waals surface area contributed by atoms with Crippen LogP contribution in [0.3, 0.4) is 0 Å². The van der Waals surface area contributed by atoms with Crippen LogP contribution in [0, 0.1) is 0 Å². The van der Waals surface area contributed by atoms with Gasteiger partial charge in [-0.05, 0) is 0 Å². The van der Waals surface area contributed by atoms with E-state index in [1.807, 2.05) is 0 Å². The van der Waals surface area contributed by atoms with Crippen molar-refractivity contribution in [1.82, 2.24) is 16.0 Å². The maximum absolute atomic E-state index is 12.9. The van der Waals surface area contributed by atoms with Crippen molar-refractivity contribution >= 4 is 29.7 Å². The van der Waals surface area contributed by atoms with Crippen LogP contribution in [-0.2, 0) is 57.1 Å². The minimum atomic E-state index is -3.15. The Morgan fingerprint density at radius 3 is 1.57 bits per heavy atom. The van der Waals surface area contributed by atoms with E-state index in [0.717, 1.165) is 20.8 Å². The van der Waals surface area contributed by atoms with Gasteiger partial charge in [0.25, 0.3) is 11.6 Å². The molecule has 17 N–H and O–H groups in total. The molecule has 4 rings (SSSR count). The van der Waals surface area contributed by atoms with Crippen molar-refractivity contribution in [1.29, 1.82) is 0 Å². The van der Waals surface area contributed by atoms with Crippen molar-refractivity contribution in [2.75, 3.05) is 33.0 Å². The highest BCUT2D eigenvalue weighted by Gasteiger charge is 2.61. The SMILES string of the molecule is CC(=O)N[C@H]1[C@H]([C@H](O)[C@H](O)CO)O[C@@](OC[C@H]2OC[C@H](NC(C)=O)[C@@H](O[C@@H]3O[C@H](CO)[C@H](O)[C@H](O[C@]4(C(=O)O)C[C@H](O)[C@@H](NC(C)=O)[C@H]([C@H](O)[C@H](O)CO)O4)[C@H]3O)[C@H]2O)(C(=O)O)C[C@@H]1O. The molecule has 0 radical (unpaired) electrons. The smallest absolute Gasteiger partial charge is 0.364 e. The Bertz CT molecular complexity index is 1650. The lowest BCUT2D eigenvalue weighted by atomic mass is 9.88. The first kappa shape index (κ1) is 54.2. The zero-order valence-corrected chi connectivity index (χ0v) is 35.1. The molecule has 29 nitrogen and oxygen atoms in total. The van der Waals surface area contributed by atoms with Crippen LogP contribution in [0.5, 0.6) is 0 Å². The van der Waals surface area contributed by atoms with Gasteiger partial charge in [-0.3, -0.25) is 14.4 Å². The second-order valence-electron chi connectivity index (χ2n) is 16.1. The highest BCUT2D eigenvalue weighted by atomic mass is 16.8. The van der Waals surface area contributed by atoms with Crippen molar-refractivity contribution in [2.45, 2.75) is 161 Å². The Morgan fingerprint density at radius 2 is 1.12 bits per heavy atom. The molecule has 4 heterocycles. The molecule has 65 heavy (non-hydrogen) atoms. The number of carboxylic acid groups (broad SMARTS) is 2. The summed E-state index contributed by atoms with van der Waals surface area (Å²) in [6.07, 6.45) is -34.2. The molecular weight excluding hydrogens is 890 g/mol. The van der Waals surface area contributed by atoms with E-state index in [-0.39, 0.29) is 0 Å². The quantitative estimate of drug-likeness (QED) is 0.0572. The van der Waals surface area contributed by atoms with Crippen LogP contribution in [0.15, 0.2) is 0 Å². The molecule has 4 fully saturated rings. The molecule has 0 aromatic rings. The van der Waals surface area contributed by atoms with Crippen LogP contribution >= 0.6 is 0 Å². The van der Waals surface area contributed by atoms with E-state index in [2.05, 4.69) is 16.0 Å². The molecule has 0 aliphatic carbocycles. The summed E-state index contributed by atoms with van der Waals surface area (Å²) in [5, 5.41) is 155. The van der Waals surface area contributed by atoms with E-state index in [1.54, 1.807) is 0 Å². The first-order valence-electron chi connectivity index (χ1n) is 20.2. The van der Waals surface area contributed by atoms with Gasteiger partial charge in [0, 0.05) is 33.6 Å². The van der Waals surface area contributed by atoms with Gasteiger partial charge >= 0.3 is 11.9 Å². The Kier molecular flexibility index (Phi) is 18.8. The maximum Gasteiger partial charge on any atom is 0.364 e. The lowest BCUT2D eigenvalue weighted by Gasteiger charge is -2.50. The molecule has 0 unspecified atom stereocenters. The van der Waals surface area contributed by atoms with Gasteiger partial charge in [0.1, 0.15) is 79.4 Å². The fourth-order valence-corrected chi connectivity index (χ4v) is 8.00. The predicted molar refractivity (Wildman–Crippen MR) is 202 cm³/mol. The number of aliphatic carboxylic acids is 2. The van der Waals surface area contributed by atoms with Gasteiger partial charge in [0.05, 0.1) is 63.4 Å². The van der Waals surface area contributed by atoms with Crippen LogP contribution in [0.4, 0.5) is 0 Å². The number of amides is 3. The van der Waals surface area contributed by atoms with Gasteiger partial charge in [-0.1, -0.05) is 0 Å². The van der Waals surface area contributed by atoms with E-state index in [4.69, 9.17) is 33.2 Å². The second-order valence-corrected chi connectivity index (χ2v) is 16.1. The van der Waals surface area contributed by atoms with Crippen LogP contribution < -0.4 is 16.0 Å². The van der Waals surface area contributed by atoms with Gasteiger partial charge < -0.3 is 121 Å². The molecule has 374 valence electrons. The fraction of sp³-hybridized carbons (Fsp3) is 0.861.